The normalized spacial score (nSPS) is 14.3. The lowest BCUT2D eigenvalue weighted by Gasteiger charge is -2.26. The molecule has 0 bridgehead atoms. The number of nitrogens with one attached hydrogen (secondary N) is 3. The van der Waals surface area contributed by atoms with Crippen LogP contribution in [0.3, 0.4) is 0 Å². The number of carboxylic acid groups (broad SMARTS) is 1. The van der Waals surface area contributed by atoms with Crippen LogP contribution in [0.4, 0.5) is 0 Å². The van der Waals surface area contributed by atoms with Crippen molar-refractivity contribution < 1.29 is 33.9 Å². The van der Waals surface area contributed by atoms with Gasteiger partial charge >= 0.3 is 5.97 Å². The Balaban J connectivity index is 5.45. The van der Waals surface area contributed by atoms with E-state index in [0.29, 0.717) is 5.75 Å². The Morgan fingerprint density at radius 3 is 1.74 bits per heavy atom. The highest BCUT2D eigenvalue weighted by Gasteiger charge is 2.30. The lowest BCUT2D eigenvalue weighted by Crippen LogP contribution is -2.57. The molecule has 35 heavy (non-hydrogen) atoms. The monoisotopic (exact) mass is 518 g/mol. The van der Waals surface area contributed by atoms with E-state index in [9.17, 15) is 33.9 Å². The molecule has 0 spiro atoms. The Hall–Kier alpha value is -2.87. The molecule has 5 amide bonds. The van der Waals surface area contributed by atoms with Crippen molar-refractivity contribution in [1.29, 1.82) is 0 Å². The maximum absolute atomic E-state index is 13.0. The quantitative estimate of drug-likeness (QED) is 0.108. The van der Waals surface area contributed by atoms with Crippen molar-refractivity contribution in [2.45, 2.75) is 76.5 Å². The van der Waals surface area contributed by atoms with Gasteiger partial charge in [0.25, 0.3) is 0 Å². The van der Waals surface area contributed by atoms with Crippen LogP contribution in [0.2, 0.25) is 0 Å². The molecule has 0 aromatic heterocycles. The van der Waals surface area contributed by atoms with E-state index in [1.165, 1.54) is 11.8 Å². The smallest absolute Gasteiger partial charge is 0.326 e. The van der Waals surface area contributed by atoms with Crippen molar-refractivity contribution in [1.82, 2.24) is 16.0 Å². The fraction of sp³-hybridized carbons (Fsp3) is 0.714. The summed E-state index contributed by atoms with van der Waals surface area (Å²) in [6, 6.07) is -4.52. The number of thioether (sulfide) groups is 1. The standard InChI is InChI=1S/C21H38N6O7S/c1-11(2)10-15(27-18(30)12(22)4-6-16(23)28)20(32)25-13(8-9-35-3)19(31)26-14(21(33)34)5-7-17(24)29/h11-15H,4-10,22H2,1-3H3,(H2,23,28)(H2,24,29)(H,25,32)(H,26,31)(H,27,30)(H,33,34). The molecule has 200 valence electrons. The Morgan fingerprint density at radius 1 is 0.771 bits per heavy atom. The minimum Gasteiger partial charge on any atom is -0.480 e. The molecule has 0 heterocycles. The predicted octanol–water partition coefficient (Wildman–Crippen LogP) is -1.82. The van der Waals surface area contributed by atoms with Crippen LogP contribution in [-0.2, 0) is 28.8 Å². The highest BCUT2D eigenvalue weighted by atomic mass is 32.2. The third kappa shape index (κ3) is 14.2. The summed E-state index contributed by atoms with van der Waals surface area (Å²) in [4.78, 5) is 71.7. The number of carboxylic acids is 1. The van der Waals surface area contributed by atoms with Gasteiger partial charge in [0, 0.05) is 12.8 Å². The molecule has 0 rings (SSSR count). The van der Waals surface area contributed by atoms with Crippen LogP contribution in [0.15, 0.2) is 0 Å². The Labute approximate surface area is 209 Å². The van der Waals surface area contributed by atoms with E-state index in [1.54, 1.807) is 6.26 Å². The highest BCUT2D eigenvalue weighted by molar-refractivity contribution is 7.98. The maximum Gasteiger partial charge on any atom is 0.326 e. The molecule has 0 radical (unpaired) electrons. The molecule has 4 atom stereocenters. The van der Waals surface area contributed by atoms with Crippen LogP contribution >= 0.6 is 11.8 Å². The zero-order valence-corrected chi connectivity index (χ0v) is 21.2. The molecule has 0 saturated heterocycles. The van der Waals surface area contributed by atoms with Gasteiger partial charge in [-0.05, 0) is 43.6 Å². The van der Waals surface area contributed by atoms with E-state index in [2.05, 4.69) is 16.0 Å². The molecular weight excluding hydrogens is 480 g/mol. The van der Waals surface area contributed by atoms with Crippen LogP contribution in [0, 0.1) is 5.92 Å². The molecule has 0 fully saturated rings. The average Bonchev–Trinajstić information content (AvgIpc) is 2.75. The Morgan fingerprint density at radius 2 is 1.26 bits per heavy atom. The first-order valence-electron chi connectivity index (χ1n) is 11.2. The second kappa shape index (κ2) is 16.7. The molecule has 0 saturated carbocycles. The van der Waals surface area contributed by atoms with Gasteiger partial charge in [0.05, 0.1) is 6.04 Å². The number of primary amides is 2. The summed E-state index contributed by atoms with van der Waals surface area (Å²) in [6.07, 6.45) is 1.73. The molecule has 0 aromatic carbocycles. The van der Waals surface area contributed by atoms with Gasteiger partial charge in [-0.15, -0.1) is 0 Å². The zero-order valence-electron chi connectivity index (χ0n) is 20.4. The summed E-state index contributed by atoms with van der Waals surface area (Å²) in [7, 11) is 0. The van der Waals surface area contributed by atoms with Gasteiger partial charge < -0.3 is 38.3 Å². The molecule has 13 nitrogen and oxygen atoms in total. The van der Waals surface area contributed by atoms with E-state index in [1.807, 2.05) is 13.8 Å². The van der Waals surface area contributed by atoms with Gasteiger partial charge in [-0.2, -0.15) is 11.8 Å². The van der Waals surface area contributed by atoms with E-state index in [-0.39, 0.29) is 44.4 Å². The highest BCUT2D eigenvalue weighted by Crippen LogP contribution is 2.09. The van der Waals surface area contributed by atoms with Crippen molar-refractivity contribution in [3.8, 4) is 0 Å². The number of hydrogen-bond donors (Lipinski definition) is 7. The van der Waals surface area contributed by atoms with Crippen molar-refractivity contribution in [3.63, 3.8) is 0 Å². The minimum absolute atomic E-state index is 0.00319. The second-order valence-electron chi connectivity index (χ2n) is 8.55. The predicted molar refractivity (Wildman–Crippen MR) is 131 cm³/mol. The number of hydrogen-bond acceptors (Lipinski definition) is 8. The Kier molecular flexibility index (Phi) is 15.3. The number of amides is 5. The van der Waals surface area contributed by atoms with Crippen LogP contribution < -0.4 is 33.2 Å². The summed E-state index contributed by atoms with van der Waals surface area (Å²) in [5, 5.41) is 16.8. The Bertz CT molecular complexity index is 764. The third-order valence-electron chi connectivity index (χ3n) is 4.92. The average molecular weight is 519 g/mol. The van der Waals surface area contributed by atoms with E-state index < -0.39 is 59.7 Å². The molecule has 14 heteroatoms. The first-order chi connectivity index (χ1) is 16.3. The third-order valence-corrected chi connectivity index (χ3v) is 5.56. The minimum atomic E-state index is -1.36. The summed E-state index contributed by atoms with van der Waals surface area (Å²) >= 11 is 1.42. The number of nitrogens with two attached hydrogens (primary N) is 3. The summed E-state index contributed by atoms with van der Waals surface area (Å²) in [6.45, 7) is 3.68. The zero-order chi connectivity index (χ0) is 27.1. The van der Waals surface area contributed by atoms with Crippen LogP contribution in [-0.4, -0.2) is 76.8 Å². The lowest BCUT2D eigenvalue weighted by molar-refractivity contribution is -0.142. The summed E-state index contributed by atoms with van der Waals surface area (Å²) < 4.78 is 0. The van der Waals surface area contributed by atoms with Gasteiger partial charge in [0.2, 0.25) is 29.5 Å². The molecule has 0 aromatic rings. The van der Waals surface area contributed by atoms with Crippen LogP contribution in [0.5, 0.6) is 0 Å². The fourth-order valence-electron chi connectivity index (χ4n) is 3.00. The van der Waals surface area contributed by atoms with Gasteiger partial charge in [-0.3, -0.25) is 24.0 Å². The number of carbonyl (C=O) groups is 6. The van der Waals surface area contributed by atoms with Gasteiger partial charge in [0.1, 0.15) is 18.1 Å². The summed E-state index contributed by atoms with van der Waals surface area (Å²) in [5.41, 5.74) is 15.9. The lowest BCUT2D eigenvalue weighted by atomic mass is 10.0. The van der Waals surface area contributed by atoms with Crippen LogP contribution in [0.25, 0.3) is 0 Å². The fourth-order valence-corrected chi connectivity index (χ4v) is 3.48. The van der Waals surface area contributed by atoms with Crippen molar-refractivity contribution in [2.24, 2.45) is 23.1 Å². The topological polar surface area (TPSA) is 237 Å². The molecule has 0 aliphatic heterocycles. The van der Waals surface area contributed by atoms with Crippen molar-refractivity contribution in [3.05, 3.63) is 0 Å². The second-order valence-corrected chi connectivity index (χ2v) is 9.53. The van der Waals surface area contributed by atoms with E-state index in [4.69, 9.17) is 17.2 Å². The van der Waals surface area contributed by atoms with Gasteiger partial charge in [-0.25, -0.2) is 4.79 Å². The van der Waals surface area contributed by atoms with Crippen LogP contribution in [0.1, 0.15) is 52.4 Å². The molecule has 4 unspecified atom stereocenters. The molecule has 0 aliphatic rings. The number of aliphatic carboxylic acids is 1. The van der Waals surface area contributed by atoms with Crippen molar-refractivity contribution >= 4 is 47.3 Å². The van der Waals surface area contributed by atoms with Gasteiger partial charge in [-0.1, -0.05) is 13.8 Å². The van der Waals surface area contributed by atoms with E-state index in [0.717, 1.165) is 0 Å². The number of carbonyl (C=O) groups excluding carboxylic acids is 5. The van der Waals surface area contributed by atoms with E-state index >= 15 is 0 Å². The molecular formula is C21H38N6O7S. The van der Waals surface area contributed by atoms with Crippen molar-refractivity contribution in [2.75, 3.05) is 12.0 Å². The molecule has 10 N–H and O–H groups in total. The van der Waals surface area contributed by atoms with Gasteiger partial charge in [0.15, 0.2) is 0 Å². The molecule has 0 aliphatic carbocycles. The largest absolute Gasteiger partial charge is 0.480 e. The first-order valence-corrected chi connectivity index (χ1v) is 12.6. The maximum atomic E-state index is 13.0. The first kappa shape index (κ1) is 32.1. The number of rotatable bonds is 18. The SMILES string of the molecule is CSCCC(NC(=O)C(CC(C)C)NC(=O)C(N)CCC(N)=O)C(=O)NC(CCC(N)=O)C(=O)O. The summed E-state index contributed by atoms with van der Waals surface area (Å²) in [5.74, 6) is -4.20.